The van der Waals surface area contributed by atoms with Gasteiger partial charge in [-0.3, -0.25) is 9.55 Å². The van der Waals surface area contributed by atoms with E-state index in [-0.39, 0.29) is 0 Å². The van der Waals surface area contributed by atoms with E-state index in [1.54, 1.807) is 11.3 Å². The number of aromatic nitrogens is 6. The molecule has 0 aliphatic heterocycles. The zero-order valence-corrected chi connectivity index (χ0v) is 31.2. The molecule has 0 fully saturated rings. The maximum Gasteiger partial charge on any atom is 0.238 e. The quantitative estimate of drug-likeness (QED) is 0.176. The number of fused-ring (bicyclic) bond motifs is 9. The largest absolute Gasteiger partial charge is 0.309 e. The van der Waals surface area contributed by atoms with E-state index >= 15 is 0 Å². The standard InChI is InChI=1S/C50H30N6S/c1-3-12-31(13-4-1)48-52-49(32-14-5-2-6-15-32)54-50(53-48)56-42-19-10-8-17-37(42)39-28-33(22-25-43(39)56)34-21-24-38-36-16-7-9-18-41(36)55(44(38)29-34)35-23-26-45-40(30-35)47-46(57-45)20-11-27-51-47/h1-30H. The van der Waals surface area contributed by atoms with Crippen molar-refractivity contribution < 1.29 is 0 Å². The monoisotopic (exact) mass is 746 g/mol. The zero-order chi connectivity index (χ0) is 37.5. The lowest BCUT2D eigenvalue weighted by atomic mass is 10.0. The van der Waals surface area contributed by atoms with Crippen LogP contribution in [0.4, 0.5) is 0 Å². The van der Waals surface area contributed by atoms with E-state index < -0.39 is 0 Å². The van der Waals surface area contributed by atoms with Crippen molar-refractivity contribution in [2.45, 2.75) is 0 Å². The Kier molecular flexibility index (Phi) is 7.00. The highest BCUT2D eigenvalue weighted by Gasteiger charge is 2.20. The van der Waals surface area contributed by atoms with Crippen molar-refractivity contribution in [2.75, 3.05) is 0 Å². The van der Waals surface area contributed by atoms with Gasteiger partial charge in [-0.25, -0.2) is 4.98 Å². The molecule has 5 heterocycles. The van der Waals surface area contributed by atoms with E-state index in [1.165, 1.54) is 31.1 Å². The number of rotatable bonds is 5. The second-order valence-corrected chi connectivity index (χ2v) is 15.4. The Hall–Kier alpha value is -7.48. The lowest BCUT2D eigenvalue weighted by Gasteiger charge is -2.11. The summed E-state index contributed by atoms with van der Waals surface area (Å²) in [6.07, 6.45) is 1.89. The van der Waals surface area contributed by atoms with Gasteiger partial charge in [-0.05, 0) is 71.8 Å². The highest BCUT2D eigenvalue weighted by molar-refractivity contribution is 7.25. The minimum Gasteiger partial charge on any atom is -0.309 e. The molecule has 0 amide bonds. The fourth-order valence-corrected chi connectivity index (χ4v) is 9.46. The van der Waals surface area contributed by atoms with Gasteiger partial charge in [0.2, 0.25) is 5.95 Å². The number of hydrogen-bond acceptors (Lipinski definition) is 5. The maximum atomic E-state index is 5.11. The summed E-state index contributed by atoms with van der Waals surface area (Å²) in [4.78, 5) is 19.9. The predicted octanol–water partition coefficient (Wildman–Crippen LogP) is 12.8. The Bertz CT molecular complexity index is 3470. The fourth-order valence-electron chi connectivity index (χ4n) is 8.42. The van der Waals surface area contributed by atoms with Crippen LogP contribution in [0, 0.1) is 0 Å². The Morgan fingerprint density at radius 3 is 1.74 bits per heavy atom. The molecule has 7 heteroatoms. The van der Waals surface area contributed by atoms with Gasteiger partial charge < -0.3 is 4.57 Å². The van der Waals surface area contributed by atoms with Gasteiger partial charge in [0.25, 0.3) is 0 Å². The summed E-state index contributed by atoms with van der Waals surface area (Å²) < 4.78 is 7.02. The average Bonchev–Trinajstić information content (AvgIpc) is 3.94. The van der Waals surface area contributed by atoms with Crippen LogP contribution in [0.1, 0.15) is 0 Å². The number of pyridine rings is 1. The number of nitrogens with zero attached hydrogens (tertiary/aromatic N) is 6. The van der Waals surface area contributed by atoms with Crippen molar-refractivity contribution in [3.63, 3.8) is 0 Å². The first-order valence-electron chi connectivity index (χ1n) is 19.0. The third-order valence-corrected chi connectivity index (χ3v) is 12.2. The molecule has 5 aromatic heterocycles. The fraction of sp³-hybridized carbons (Fsp3) is 0. The second kappa shape index (κ2) is 12.5. The van der Waals surface area contributed by atoms with Crippen molar-refractivity contribution in [1.82, 2.24) is 29.1 Å². The Balaban J connectivity index is 1.05. The molecule has 0 aliphatic rings. The smallest absolute Gasteiger partial charge is 0.238 e. The van der Waals surface area contributed by atoms with Crippen molar-refractivity contribution in [2.24, 2.45) is 0 Å². The van der Waals surface area contributed by atoms with Crippen LogP contribution in [0.3, 0.4) is 0 Å². The summed E-state index contributed by atoms with van der Waals surface area (Å²) in [6.45, 7) is 0. The van der Waals surface area contributed by atoms with Crippen LogP contribution in [0.2, 0.25) is 0 Å². The van der Waals surface area contributed by atoms with Crippen molar-refractivity contribution in [3.8, 4) is 45.5 Å². The minimum atomic E-state index is 0.582. The summed E-state index contributed by atoms with van der Waals surface area (Å²) in [6, 6.07) is 62.0. The maximum absolute atomic E-state index is 5.11. The van der Waals surface area contributed by atoms with Crippen LogP contribution >= 0.6 is 11.3 Å². The van der Waals surface area contributed by atoms with E-state index in [9.17, 15) is 0 Å². The summed E-state index contributed by atoms with van der Waals surface area (Å²) in [5.41, 5.74) is 10.7. The molecule has 57 heavy (non-hydrogen) atoms. The van der Waals surface area contributed by atoms with Crippen LogP contribution in [0.15, 0.2) is 182 Å². The normalized spacial score (nSPS) is 11.9. The molecular formula is C50H30N6S. The molecule has 0 spiro atoms. The second-order valence-electron chi connectivity index (χ2n) is 14.3. The molecule has 0 atom stereocenters. The van der Waals surface area contributed by atoms with Gasteiger partial charge in [-0.15, -0.1) is 11.3 Å². The molecule has 0 unspecified atom stereocenters. The molecule has 0 saturated carbocycles. The number of thiophene rings is 1. The van der Waals surface area contributed by atoms with Crippen LogP contribution in [0.5, 0.6) is 0 Å². The summed E-state index contributed by atoms with van der Waals surface area (Å²) >= 11 is 1.79. The predicted molar refractivity (Wildman–Crippen MR) is 235 cm³/mol. The van der Waals surface area contributed by atoms with Gasteiger partial charge in [0.15, 0.2) is 11.6 Å². The van der Waals surface area contributed by atoms with E-state index in [0.29, 0.717) is 17.6 Å². The third kappa shape index (κ3) is 5.03. The first-order valence-corrected chi connectivity index (χ1v) is 19.8. The molecule has 0 saturated heterocycles. The molecule has 6 nitrogen and oxygen atoms in total. The van der Waals surface area contributed by atoms with Crippen molar-refractivity contribution in [1.29, 1.82) is 0 Å². The zero-order valence-electron chi connectivity index (χ0n) is 30.4. The van der Waals surface area contributed by atoms with E-state index in [0.717, 1.165) is 60.8 Å². The molecule has 0 bridgehead atoms. The first-order chi connectivity index (χ1) is 28.2. The number of benzene rings is 7. The van der Waals surface area contributed by atoms with Gasteiger partial charge in [0.05, 0.1) is 32.3 Å². The summed E-state index contributed by atoms with van der Waals surface area (Å²) in [5, 5.41) is 5.90. The van der Waals surface area contributed by atoms with E-state index in [1.807, 2.05) is 72.9 Å². The van der Waals surface area contributed by atoms with Gasteiger partial charge in [0.1, 0.15) is 0 Å². The summed E-state index contributed by atoms with van der Waals surface area (Å²) in [5.74, 6) is 1.85. The van der Waals surface area contributed by atoms with Gasteiger partial charge in [-0.1, -0.05) is 115 Å². The van der Waals surface area contributed by atoms with Crippen LogP contribution in [-0.2, 0) is 0 Å². The van der Waals surface area contributed by atoms with Crippen LogP contribution < -0.4 is 0 Å². The SMILES string of the molecule is c1ccc(-c2nc(-c3ccccc3)nc(-n3c4ccccc4c4cc(-c5ccc6c7ccccc7n(-c7ccc8sc9cccnc9c8c7)c6c5)ccc43)n2)cc1. The molecule has 12 rings (SSSR count). The Morgan fingerprint density at radius 2 is 0.982 bits per heavy atom. The molecule has 266 valence electrons. The molecule has 0 radical (unpaired) electrons. The van der Waals surface area contributed by atoms with Crippen molar-refractivity contribution >= 4 is 75.3 Å². The van der Waals surface area contributed by atoms with Gasteiger partial charge >= 0.3 is 0 Å². The lowest BCUT2D eigenvalue weighted by Crippen LogP contribution is -2.06. The van der Waals surface area contributed by atoms with Crippen LogP contribution in [-0.4, -0.2) is 29.1 Å². The van der Waals surface area contributed by atoms with Crippen LogP contribution in [0.25, 0.3) is 109 Å². The lowest BCUT2D eigenvalue weighted by molar-refractivity contribution is 0.953. The minimum absolute atomic E-state index is 0.582. The third-order valence-electron chi connectivity index (χ3n) is 11.0. The topological polar surface area (TPSA) is 61.4 Å². The molecule has 7 aromatic carbocycles. The summed E-state index contributed by atoms with van der Waals surface area (Å²) in [7, 11) is 0. The van der Waals surface area contributed by atoms with Crippen molar-refractivity contribution in [3.05, 3.63) is 182 Å². The van der Waals surface area contributed by atoms with Gasteiger partial charge in [-0.2, -0.15) is 9.97 Å². The highest BCUT2D eigenvalue weighted by Crippen LogP contribution is 2.40. The highest BCUT2D eigenvalue weighted by atomic mass is 32.1. The first kappa shape index (κ1) is 31.8. The number of hydrogen-bond donors (Lipinski definition) is 0. The van der Waals surface area contributed by atoms with E-state index in [4.69, 9.17) is 19.9 Å². The average molecular weight is 747 g/mol. The Morgan fingerprint density at radius 1 is 0.368 bits per heavy atom. The molecule has 0 N–H and O–H groups in total. The van der Waals surface area contributed by atoms with Gasteiger partial charge in [0, 0.05) is 54.6 Å². The Labute approximate surface area is 330 Å². The number of para-hydroxylation sites is 2. The molecule has 0 aliphatic carbocycles. The molecule has 12 aromatic rings. The molecular weight excluding hydrogens is 717 g/mol. The van der Waals surface area contributed by atoms with E-state index in [2.05, 4.69) is 118 Å².